The minimum Gasteiger partial charge on any atom is -0.192 e. The van der Waals surface area contributed by atoms with Crippen LogP contribution >= 0.6 is 0 Å². The summed E-state index contributed by atoms with van der Waals surface area (Å²) in [5.41, 5.74) is 11.9. The molecule has 0 fully saturated rings. The van der Waals surface area contributed by atoms with Gasteiger partial charge < -0.3 is 0 Å². The van der Waals surface area contributed by atoms with Crippen molar-refractivity contribution >= 4 is 0 Å². The van der Waals surface area contributed by atoms with Crippen molar-refractivity contribution in [3.8, 4) is 80.3 Å². The van der Waals surface area contributed by atoms with Gasteiger partial charge in [-0.05, 0) is 93.0 Å². The number of benzene rings is 7. The van der Waals surface area contributed by atoms with Gasteiger partial charge in [-0.1, -0.05) is 145 Å². The van der Waals surface area contributed by atoms with Crippen molar-refractivity contribution in [2.45, 2.75) is 0 Å². The van der Waals surface area contributed by atoms with Gasteiger partial charge in [-0.25, -0.2) is 0 Å². The lowest BCUT2D eigenvalue weighted by Gasteiger charge is -2.08. The summed E-state index contributed by atoms with van der Waals surface area (Å²) in [6.07, 6.45) is 0. The predicted molar refractivity (Wildman–Crippen MR) is 202 cm³/mol. The van der Waals surface area contributed by atoms with Crippen LogP contribution in [-0.2, 0) is 0 Å². The molecule has 0 aromatic heterocycles. The summed E-state index contributed by atoms with van der Waals surface area (Å²) in [5, 5.41) is 20.3. The van der Waals surface area contributed by atoms with Crippen LogP contribution in [-0.4, -0.2) is 0 Å². The van der Waals surface area contributed by atoms with Crippen molar-refractivity contribution in [1.29, 1.82) is 10.5 Å². The highest BCUT2D eigenvalue weighted by molar-refractivity contribution is 5.77. The first-order valence-corrected chi connectivity index (χ1v) is 16.2. The fourth-order valence-corrected chi connectivity index (χ4v) is 5.86. The molecular formula is C48H28N2. The van der Waals surface area contributed by atoms with E-state index in [0.29, 0.717) is 22.3 Å². The molecular weight excluding hydrogens is 605 g/mol. The highest BCUT2D eigenvalue weighted by Gasteiger charge is 2.10. The summed E-state index contributed by atoms with van der Waals surface area (Å²) in [5.74, 6) is 12.9. The fraction of sp³-hybridized carbons (Fsp3) is 0. The average molecular weight is 633 g/mol. The van der Waals surface area contributed by atoms with E-state index in [-0.39, 0.29) is 0 Å². The number of nitrogens with zero attached hydrogens (tertiary/aromatic N) is 2. The molecule has 2 heteroatoms. The van der Waals surface area contributed by atoms with Crippen LogP contribution in [0.5, 0.6) is 0 Å². The Kier molecular flexibility index (Phi) is 9.12. The van der Waals surface area contributed by atoms with Crippen molar-refractivity contribution in [2.24, 2.45) is 0 Å². The molecule has 7 aromatic carbocycles. The van der Waals surface area contributed by atoms with Crippen molar-refractivity contribution in [1.82, 2.24) is 0 Å². The molecule has 0 saturated heterocycles. The Morgan fingerprint density at radius 1 is 0.260 bits per heavy atom. The molecule has 7 aromatic rings. The second-order valence-corrected chi connectivity index (χ2v) is 11.7. The molecule has 0 bridgehead atoms. The van der Waals surface area contributed by atoms with Gasteiger partial charge in [0.15, 0.2) is 0 Å². The van der Waals surface area contributed by atoms with Gasteiger partial charge in [0.25, 0.3) is 0 Å². The van der Waals surface area contributed by atoms with Crippen molar-refractivity contribution in [3.05, 3.63) is 203 Å². The third-order valence-corrected chi connectivity index (χ3v) is 8.38. The Morgan fingerprint density at radius 3 is 0.800 bits per heavy atom. The molecule has 7 rings (SSSR count). The van der Waals surface area contributed by atoms with Gasteiger partial charge in [0.1, 0.15) is 12.1 Å². The molecule has 50 heavy (non-hydrogen) atoms. The molecule has 0 aliphatic carbocycles. The second kappa shape index (κ2) is 14.6. The summed E-state index contributed by atoms with van der Waals surface area (Å²) in [7, 11) is 0. The zero-order valence-electron chi connectivity index (χ0n) is 27.1. The third-order valence-electron chi connectivity index (χ3n) is 8.38. The molecule has 2 nitrogen and oxygen atoms in total. The van der Waals surface area contributed by atoms with Gasteiger partial charge in [-0.2, -0.15) is 10.5 Å². The van der Waals surface area contributed by atoms with E-state index < -0.39 is 0 Å². The van der Waals surface area contributed by atoms with E-state index >= 15 is 0 Å². The smallest absolute Gasteiger partial charge is 0.100 e. The van der Waals surface area contributed by atoms with Crippen LogP contribution < -0.4 is 0 Å². The highest BCUT2D eigenvalue weighted by Crippen LogP contribution is 2.30. The average Bonchev–Trinajstić information content (AvgIpc) is 3.20. The third kappa shape index (κ3) is 7.13. The summed E-state index contributed by atoms with van der Waals surface area (Å²) in [6, 6.07) is 61.2. The maximum atomic E-state index is 10.2. The summed E-state index contributed by atoms with van der Waals surface area (Å²) in [4.78, 5) is 0. The van der Waals surface area contributed by atoms with Gasteiger partial charge in [-0.3, -0.25) is 0 Å². The van der Waals surface area contributed by atoms with Crippen molar-refractivity contribution in [3.63, 3.8) is 0 Å². The number of hydrogen-bond donors (Lipinski definition) is 0. The first-order chi connectivity index (χ1) is 24.7. The van der Waals surface area contributed by atoms with Crippen LogP contribution in [0.4, 0.5) is 0 Å². The van der Waals surface area contributed by atoms with Gasteiger partial charge in [0.05, 0.1) is 11.1 Å². The van der Waals surface area contributed by atoms with Crippen molar-refractivity contribution in [2.75, 3.05) is 0 Å². The van der Waals surface area contributed by atoms with Crippen LogP contribution in [0.15, 0.2) is 170 Å². The Labute approximate surface area is 293 Å². The lowest BCUT2D eigenvalue weighted by atomic mass is 9.95. The zero-order valence-corrected chi connectivity index (χ0v) is 27.1. The molecule has 0 N–H and O–H groups in total. The lowest BCUT2D eigenvalue weighted by Crippen LogP contribution is -1.92. The molecule has 0 radical (unpaired) electrons. The van der Waals surface area contributed by atoms with Crippen molar-refractivity contribution < 1.29 is 0 Å². The van der Waals surface area contributed by atoms with E-state index in [1.807, 2.05) is 72.8 Å². The van der Waals surface area contributed by atoms with Crippen LogP contribution in [0.2, 0.25) is 0 Å². The lowest BCUT2D eigenvalue weighted by molar-refractivity contribution is 1.42. The quantitative estimate of drug-likeness (QED) is 0.181. The highest BCUT2D eigenvalue weighted by atomic mass is 14.3. The molecule has 230 valence electrons. The maximum Gasteiger partial charge on any atom is 0.100 e. The molecule has 0 heterocycles. The fourth-order valence-electron chi connectivity index (χ4n) is 5.86. The van der Waals surface area contributed by atoms with E-state index in [9.17, 15) is 10.5 Å². The molecule has 0 amide bonds. The summed E-state index contributed by atoms with van der Waals surface area (Å²) in [6.45, 7) is 0. The predicted octanol–water partition coefficient (Wildman–Crippen LogP) is 10.9. The van der Waals surface area contributed by atoms with E-state index in [4.69, 9.17) is 0 Å². The van der Waals surface area contributed by atoms with E-state index in [0.717, 1.165) is 55.6 Å². The van der Waals surface area contributed by atoms with Gasteiger partial charge in [0, 0.05) is 22.3 Å². The first-order valence-electron chi connectivity index (χ1n) is 16.2. The number of hydrogen-bond acceptors (Lipinski definition) is 2. The Bertz CT molecular complexity index is 2230. The Hall–Kier alpha value is -7.36. The SMILES string of the molecule is N#Cc1cc(C#Cc2cc(-c3ccccc3)cc(-c3ccccc3)c2)c(C#N)cc1C#Cc1cc(-c2ccccc2)cc(-c2ccccc2)c1. The first kappa shape index (κ1) is 31.3. The van der Waals surface area contributed by atoms with Crippen LogP contribution in [0, 0.1) is 46.3 Å². The molecule has 0 unspecified atom stereocenters. The van der Waals surface area contributed by atoms with Gasteiger partial charge in [0.2, 0.25) is 0 Å². The van der Waals surface area contributed by atoms with E-state index in [1.54, 1.807) is 12.1 Å². The molecule has 0 aliphatic heterocycles. The van der Waals surface area contributed by atoms with E-state index in [1.165, 1.54) is 0 Å². The molecule has 0 atom stereocenters. The van der Waals surface area contributed by atoms with Crippen LogP contribution in [0.25, 0.3) is 44.5 Å². The maximum absolute atomic E-state index is 10.2. The second-order valence-electron chi connectivity index (χ2n) is 11.7. The topological polar surface area (TPSA) is 47.6 Å². The van der Waals surface area contributed by atoms with E-state index in [2.05, 4.69) is 121 Å². The minimum absolute atomic E-state index is 0.367. The van der Waals surface area contributed by atoms with Gasteiger partial charge >= 0.3 is 0 Å². The van der Waals surface area contributed by atoms with Crippen LogP contribution in [0.1, 0.15) is 33.4 Å². The Balaban J connectivity index is 1.27. The molecule has 0 saturated carbocycles. The minimum atomic E-state index is 0.367. The molecule has 0 aliphatic rings. The molecule has 0 spiro atoms. The zero-order chi connectivity index (χ0) is 34.1. The number of nitriles is 2. The largest absolute Gasteiger partial charge is 0.192 e. The van der Waals surface area contributed by atoms with Crippen LogP contribution in [0.3, 0.4) is 0 Å². The van der Waals surface area contributed by atoms with Gasteiger partial charge in [-0.15, -0.1) is 0 Å². The Morgan fingerprint density at radius 2 is 0.540 bits per heavy atom. The monoisotopic (exact) mass is 632 g/mol. The summed E-state index contributed by atoms with van der Waals surface area (Å²) < 4.78 is 0. The number of rotatable bonds is 4. The normalized spacial score (nSPS) is 10.0. The summed E-state index contributed by atoms with van der Waals surface area (Å²) >= 11 is 0. The standard InChI is InChI=1S/C48H28N2/c49-33-47-30-42(24-22-36-27-45(39-17-9-3-10-18-39)32-46(28-36)40-19-11-4-12-20-40)48(34-50)29-41(47)23-21-35-25-43(37-13-5-1-6-14-37)31-44(26-35)38-15-7-2-8-16-38/h1-20,25-32H.